The van der Waals surface area contributed by atoms with Gasteiger partial charge in [0.05, 0.1) is 25.5 Å². The normalized spacial score (nSPS) is 11.6. The summed E-state index contributed by atoms with van der Waals surface area (Å²) in [6.45, 7) is 1.87. The van der Waals surface area contributed by atoms with E-state index in [2.05, 4.69) is 9.71 Å². The van der Waals surface area contributed by atoms with Crippen molar-refractivity contribution >= 4 is 20.9 Å². The number of unbranched alkanes of at least 4 members (excludes halogenated alkanes) is 1. The molecule has 0 bridgehead atoms. The summed E-state index contributed by atoms with van der Waals surface area (Å²) >= 11 is 0. The van der Waals surface area contributed by atoms with Gasteiger partial charge < -0.3 is 14.5 Å². The van der Waals surface area contributed by atoms with Gasteiger partial charge in [0.15, 0.2) is 11.5 Å². The Balaban J connectivity index is 2.31. The van der Waals surface area contributed by atoms with E-state index in [1.54, 1.807) is 18.2 Å². The molecule has 0 saturated heterocycles. The minimum absolute atomic E-state index is 0.0499. The summed E-state index contributed by atoms with van der Waals surface area (Å²) in [6.07, 6.45) is 1.37. The summed E-state index contributed by atoms with van der Waals surface area (Å²) in [4.78, 5) is 14.9. The highest BCUT2D eigenvalue weighted by Gasteiger charge is 2.12. The van der Waals surface area contributed by atoms with Crippen LogP contribution >= 0.6 is 0 Å². The first-order valence-corrected chi connectivity index (χ1v) is 9.30. The van der Waals surface area contributed by atoms with Crippen LogP contribution in [0.3, 0.4) is 0 Å². The summed E-state index contributed by atoms with van der Waals surface area (Å²) in [5.74, 6) is 1.10. The smallest absolute Gasteiger partial charge is 0.252 e. The van der Waals surface area contributed by atoms with Crippen molar-refractivity contribution in [3.8, 4) is 11.5 Å². The van der Waals surface area contributed by atoms with Crippen LogP contribution in [0.2, 0.25) is 0 Å². The van der Waals surface area contributed by atoms with Crippen LogP contribution < -0.4 is 19.8 Å². The van der Waals surface area contributed by atoms with Crippen LogP contribution in [0.25, 0.3) is 10.9 Å². The summed E-state index contributed by atoms with van der Waals surface area (Å²) < 4.78 is 36.6. The van der Waals surface area contributed by atoms with Gasteiger partial charge >= 0.3 is 0 Å². The number of methoxy groups -OCH3 is 2. The molecule has 0 atom stereocenters. The molecule has 132 valence electrons. The van der Waals surface area contributed by atoms with E-state index in [1.165, 1.54) is 14.2 Å². The number of fused-ring (bicyclic) bond motifs is 1. The monoisotopic (exact) mass is 354 g/mol. The quantitative estimate of drug-likeness (QED) is 0.753. The maximum absolute atomic E-state index is 12.2. The lowest BCUT2D eigenvalue weighted by Gasteiger charge is -2.10. The van der Waals surface area contributed by atoms with Crippen molar-refractivity contribution in [2.45, 2.75) is 26.3 Å². The average molecular weight is 354 g/mol. The number of sulfonamides is 1. The summed E-state index contributed by atoms with van der Waals surface area (Å²) in [6, 6.07) is 5.06. The summed E-state index contributed by atoms with van der Waals surface area (Å²) in [5, 5.41) is 0.731. The molecule has 0 radical (unpaired) electrons. The Morgan fingerprint density at radius 3 is 2.42 bits per heavy atom. The van der Waals surface area contributed by atoms with Gasteiger partial charge in [0.2, 0.25) is 10.0 Å². The van der Waals surface area contributed by atoms with Crippen LogP contribution in [-0.4, -0.2) is 33.4 Å². The molecule has 2 rings (SSSR count). The number of benzene rings is 1. The lowest BCUT2D eigenvalue weighted by Crippen LogP contribution is -2.28. The first kappa shape index (κ1) is 18.3. The minimum atomic E-state index is -3.38. The highest BCUT2D eigenvalue weighted by Crippen LogP contribution is 2.30. The molecule has 7 nitrogen and oxygen atoms in total. The maximum Gasteiger partial charge on any atom is 0.252 e. The molecule has 0 aliphatic rings. The molecule has 0 amide bonds. The third-order valence-corrected chi connectivity index (χ3v) is 5.08. The fraction of sp³-hybridized carbons (Fsp3) is 0.438. The van der Waals surface area contributed by atoms with Crippen molar-refractivity contribution in [1.82, 2.24) is 9.71 Å². The Hall–Kier alpha value is -2.06. The molecule has 0 unspecified atom stereocenters. The van der Waals surface area contributed by atoms with E-state index in [0.717, 1.165) is 11.8 Å². The molecule has 1 aromatic carbocycles. The van der Waals surface area contributed by atoms with Gasteiger partial charge in [-0.1, -0.05) is 13.3 Å². The predicted octanol–water partition coefficient (Wildman–Crippen LogP) is 1.76. The van der Waals surface area contributed by atoms with E-state index in [0.29, 0.717) is 29.0 Å². The number of ether oxygens (including phenoxy) is 2. The van der Waals surface area contributed by atoms with Crippen molar-refractivity contribution in [2.24, 2.45) is 0 Å². The Labute approximate surface area is 141 Å². The molecular weight excluding hydrogens is 332 g/mol. The Kier molecular flexibility index (Phi) is 5.84. The minimum Gasteiger partial charge on any atom is -0.493 e. The molecular formula is C16H22N2O5S. The standard InChI is InChI=1S/C16H22N2O5S/c1-4-5-6-24(20,21)17-10-12-7-11-8-14(22-2)15(23-3)9-13(11)18-16(12)19/h7-9,17H,4-6,10H2,1-3H3,(H,18,19). The van der Waals surface area contributed by atoms with Crippen molar-refractivity contribution in [1.29, 1.82) is 0 Å². The number of aromatic nitrogens is 1. The van der Waals surface area contributed by atoms with Gasteiger partial charge in [-0.25, -0.2) is 13.1 Å². The first-order chi connectivity index (χ1) is 11.4. The fourth-order valence-corrected chi connectivity index (χ4v) is 3.49. The maximum atomic E-state index is 12.2. The number of H-pyrrole nitrogens is 1. The van der Waals surface area contributed by atoms with Gasteiger partial charge in [0.1, 0.15) is 0 Å². The van der Waals surface area contributed by atoms with E-state index in [4.69, 9.17) is 9.47 Å². The molecule has 0 spiro atoms. The Morgan fingerprint density at radius 1 is 1.12 bits per heavy atom. The van der Waals surface area contributed by atoms with E-state index in [1.807, 2.05) is 6.92 Å². The molecule has 8 heteroatoms. The summed E-state index contributed by atoms with van der Waals surface area (Å²) in [5.41, 5.74) is 0.595. The van der Waals surface area contributed by atoms with Gasteiger partial charge in [-0.05, 0) is 18.6 Å². The van der Waals surface area contributed by atoms with Crippen LogP contribution in [0.4, 0.5) is 0 Å². The van der Waals surface area contributed by atoms with Crippen molar-refractivity contribution in [3.63, 3.8) is 0 Å². The highest BCUT2D eigenvalue weighted by atomic mass is 32.2. The second-order valence-electron chi connectivity index (χ2n) is 5.41. The van der Waals surface area contributed by atoms with Crippen LogP contribution in [0.15, 0.2) is 23.0 Å². The van der Waals surface area contributed by atoms with E-state index in [-0.39, 0.29) is 17.9 Å². The molecule has 2 aromatic rings. The number of nitrogens with one attached hydrogen (secondary N) is 2. The topological polar surface area (TPSA) is 97.5 Å². The van der Waals surface area contributed by atoms with Crippen LogP contribution in [0.1, 0.15) is 25.3 Å². The molecule has 0 fully saturated rings. The van der Waals surface area contributed by atoms with Gasteiger partial charge in [0, 0.05) is 23.6 Å². The largest absolute Gasteiger partial charge is 0.493 e. The number of pyridine rings is 1. The van der Waals surface area contributed by atoms with E-state index >= 15 is 0 Å². The van der Waals surface area contributed by atoms with E-state index < -0.39 is 10.0 Å². The fourth-order valence-electron chi connectivity index (χ4n) is 2.30. The lowest BCUT2D eigenvalue weighted by atomic mass is 10.1. The lowest BCUT2D eigenvalue weighted by molar-refractivity contribution is 0.356. The average Bonchev–Trinajstić information content (AvgIpc) is 2.57. The van der Waals surface area contributed by atoms with Crippen molar-refractivity contribution < 1.29 is 17.9 Å². The van der Waals surface area contributed by atoms with Crippen LogP contribution in [-0.2, 0) is 16.6 Å². The highest BCUT2D eigenvalue weighted by molar-refractivity contribution is 7.89. The van der Waals surface area contributed by atoms with Gasteiger partial charge in [-0.2, -0.15) is 0 Å². The molecule has 2 N–H and O–H groups in total. The van der Waals surface area contributed by atoms with Crippen molar-refractivity contribution in [3.05, 3.63) is 34.1 Å². The zero-order valence-electron chi connectivity index (χ0n) is 14.0. The zero-order chi connectivity index (χ0) is 17.7. The SMILES string of the molecule is CCCCS(=O)(=O)NCc1cc2cc(OC)c(OC)cc2[nH]c1=O. The third-order valence-electron chi connectivity index (χ3n) is 3.67. The molecule has 24 heavy (non-hydrogen) atoms. The molecule has 0 saturated carbocycles. The second-order valence-corrected chi connectivity index (χ2v) is 7.34. The van der Waals surface area contributed by atoms with Gasteiger partial charge in [0.25, 0.3) is 5.56 Å². The zero-order valence-corrected chi connectivity index (χ0v) is 14.8. The second kappa shape index (κ2) is 7.67. The predicted molar refractivity (Wildman–Crippen MR) is 93.2 cm³/mol. The molecule has 1 aromatic heterocycles. The molecule has 1 heterocycles. The van der Waals surface area contributed by atoms with Crippen molar-refractivity contribution in [2.75, 3.05) is 20.0 Å². The van der Waals surface area contributed by atoms with Crippen LogP contribution in [0.5, 0.6) is 11.5 Å². The Morgan fingerprint density at radius 2 is 1.79 bits per heavy atom. The van der Waals surface area contributed by atoms with E-state index in [9.17, 15) is 13.2 Å². The van der Waals surface area contributed by atoms with Crippen LogP contribution in [0, 0.1) is 0 Å². The number of rotatable bonds is 8. The molecule has 0 aliphatic heterocycles. The first-order valence-electron chi connectivity index (χ1n) is 7.65. The summed E-state index contributed by atoms with van der Waals surface area (Å²) in [7, 11) is -0.342. The number of aromatic amines is 1. The Bertz CT molecular complexity index is 874. The van der Waals surface area contributed by atoms with Gasteiger partial charge in [-0.3, -0.25) is 4.79 Å². The third kappa shape index (κ3) is 4.27. The number of hydrogen-bond donors (Lipinski definition) is 2. The number of hydrogen-bond acceptors (Lipinski definition) is 5. The van der Waals surface area contributed by atoms with Gasteiger partial charge in [-0.15, -0.1) is 0 Å². The molecule has 0 aliphatic carbocycles.